The van der Waals surface area contributed by atoms with E-state index in [1.165, 1.54) is 6.07 Å². The number of hydrogen-bond acceptors (Lipinski definition) is 4. The third kappa shape index (κ3) is 8.17. The summed E-state index contributed by atoms with van der Waals surface area (Å²) in [5.74, 6) is 1.50. The zero-order valence-corrected chi connectivity index (χ0v) is 20.9. The average molecular weight is 545 g/mol. The number of guanidine groups is 1. The molecule has 2 aromatic carbocycles. The lowest BCUT2D eigenvalue weighted by atomic mass is 10.1. The molecule has 0 heterocycles. The van der Waals surface area contributed by atoms with Crippen LogP contribution < -0.4 is 20.1 Å². The predicted molar refractivity (Wildman–Crippen MR) is 133 cm³/mol. The van der Waals surface area contributed by atoms with Gasteiger partial charge >= 0.3 is 0 Å². The summed E-state index contributed by atoms with van der Waals surface area (Å²) < 4.78 is 25.2. The van der Waals surface area contributed by atoms with Crippen molar-refractivity contribution in [2.45, 2.75) is 39.8 Å². The molecule has 8 heteroatoms. The maximum Gasteiger partial charge on any atom is 0.191 e. The molecule has 0 aromatic heterocycles. The first-order valence-corrected chi connectivity index (χ1v) is 10.4. The number of nitrogens with one attached hydrogen (secondary N) is 2. The number of hydrogen-bond donors (Lipinski definition) is 3. The van der Waals surface area contributed by atoms with Gasteiger partial charge in [-0.15, -0.1) is 24.0 Å². The Labute approximate surface area is 201 Å². The smallest absolute Gasteiger partial charge is 0.191 e. The molecule has 2 rings (SSSR count). The first-order chi connectivity index (χ1) is 14.5. The molecule has 0 spiro atoms. The van der Waals surface area contributed by atoms with E-state index >= 15 is 0 Å². The highest BCUT2D eigenvalue weighted by atomic mass is 127. The summed E-state index contributed by atoms with van der Waals surface area (Å²) in [6.07, 6.45) is -1.02. The van der Waals surface area contributed by atoms with Crippen LogP contribution in [-0.2, 0) is 0 Å². The second-order valence-electron chi connectivity index (χ2n) is 6.70. The first kappa shape index (κ1) is 27.0. The zero-order valence-electron chi connectivity index (χ0n) is 18.5. The highest BCUT2D eigenvalue weighted by molar-refractivity contribution is 14.0. The Morgan fingerprint density at radius 2 is 1.74 bits per heavy atom. The molecule has 0 bridgehead atoms. The Hall–Kier alpha value is -2.07. The van der Waals surface area contributed by atoms with Gasteiger partial charge < -0.3 is 25.2 Å². The number of nitrogens with zero attached hydrogens (tertiary/aromatic N) is 1. The van der Waals surface area contributed by atoms with Crippen molar-refractivity contribution in [3.05, 3.63) is 59.4 Å². The van der Waals surface area contributed by atoms with Gasteiger partial charge in [0.25, 0.3) is 0 Å². The molecule has 0 amide bonds. The van der Waals surface area contributed by atoms with Gasteiger partial charge in [0.1, 0.15) is 11.9 Å². The van der Waals surface area contributed by atoms with Crippen molar-refractivity contribution < 1.29 is 19.0 Å². The molecule has 0 fully saturated rings. The van der Waals surface area contributed by atoms with Gasteiger partial charge in [0.15, 0.2) is 17.5 Å². The molecule has 2 aromatic rings. The van der Waals surface area contributed by atoms with Crippen molar-refractivity contribution >= 4 is 29.9 Å². The van der Waals surface area contributed by atoms with Gasteiger partial charge in [0.05, 0.1) is 25.8 Å². The molecule has 2 atom stereocenters. The fourth-order valence-electron chi connectivity index (χ4n) is 2.97. The van der Waals surface area contributed by atoms with Crippen molar-refractivity contribution in [1.29, 1.82) is 0 Å². The molecule has 172 valence electrons. The van der Waals surface area contributed by atoms with Crippen LogP contribution in [0.3, 0.4) is 0 Å². The molecule has 0 aliphatic heterocycles. The minimum atomic E-state index is -1.02. The number of aliphatic hydroxyl groups excluding tert-OH is 1. The lowest BCUT2D eigenvalue weighted by molar-refractivity contribution is 0.182. The number of benzene rings is 2. The number of halogens is 2. The molecule has 0 saturated heterocycles. The normalized spacial score (nSPS) is 13.0. The van der Waals surface area contributed by atoms with E-state index in [1.54, 1.807) is 18.2 Å². The Morgan fingerprint density at radius 3 is 2.39 bits per heavy atom. The van der Waals surface area contributed by atoms with Gasteiger partial charge in [-0.05, 0) is 51.5 Å². The summed E-state index contributed by atoms with van der Waals surface area (Å²) in [4.78, 5) is 4.42. The molecule has 2 unspecified atom stereocenters. The molecule has 31 heavy (non-hydrogen) atoms. The van der Waals surface area contributed by atoms with Crippen molar-refractivity contribution in [3.8, 4) is 11.5 Å². The van der Waals surface area contributed by atoms with Gasteiger partial charge in [-0.2, -0.15) is 0 Å². The molecule has 0 aliphatic rings. The van der Waals surface area contributed by atoms with Crippen molar-refractivity contribution in [1.82, 2.24) is 10.6 Å². The number of aliphatic imine (C=N–C) groups is 1. The van der Waals surface area contributed by atoms with Gasteiger partial charge in [-0.3, -0.25) is 4.99 Å². The van der Waals surface area contributed by atoms with E-state index in [0.717, 1.165) is 5.56 Å². The number of ether oxygens (including phenoxy) is 2. The molecular formula is C23H33FIN3O3. The Kier molecular flexibility index (Phi) is 12.2. The molecule has 0 radical (unpaired) electrons. The lowest BCUT2D eigenvalue weighted by Gasteiger charge is -2.20. The number of rotatable bonds is 10. The predicted octanol–water partition coefficient (Wildman–Crippen LogP) is 4.59. The van der Waals surface area contributed by atoms with Crippen LogP contribution in [0, 0.1) is 5.82 Å². The van der Waals surface area contributed by atoms with Crippen molar-refractivity contribution in [3.63, 3.8) is 0 Å². The van der Waals surface area contributed by atoms with Crippen LogP contribution in [-0.4, -0.2) is 37.4 Å². The van der Waals surface area contributed by atoms with E-state index in [-0.39, 0.29) is 42.1 Å². The summed E-state index contributed by atoms with van der Waals surface area (Å²) in [5, 5.41) is 16.8. The second-order valence-corrected chi connectivity index (χ2v) is 6.70. The second kappa shape index (κ2) is 14.1. The lowest BCUT2D eigenvalue weighted by Crippen LogP contribution is -2.39. The third-order valence-electron chi connectivity index (χ3n) is 4.45. The van der Waals surface area contributed by atoms with Gasteiger partial charge in [-0.1, -0.05) is 24.3 Å². The quantitative estimate of drug-likeness (QED) is 0.232. The zero-order chi connectivity index (χ0) is 21.9. The van der Waals surface area contributed by atoms with Gasteiger partial charge in [0.2, 0.25) is 0 Å². The SMILES string of the molecule is CCNC(=NCC(O)c1ccccc1F)NC(C)c1ccc(OCC)c(OCC)c1.I. The third-order valence-corrected chi connectivity index (χ3v) is 4.45. The Morgan fingerprint density at radius 1 is 1.06 bits per heavy atom. The molecule has 3 N–H and O–H groups in total. The van der Waals surface area contributed by atoms with Crippen LogP contribution in [0.4, 0.5) is 4.39 Å². The minimum absolute atomic E-state index is 0. The standard InChI is InChI=1S/C23H32FN3O3.HI/c1-5-25-23(26-15-20(28)18-10-8-9-11-19(18)24)27-16(4)17-12-13-21(29-6-2)22(14-17)30-7-3;/h8-14,16,20,28H,5-7,15H2,1-4H3,(H2,25,26,27);1H. The number of aliphatic hydroxyl groups is 1. The van der Waals surface area contributed by atoms with Crippen molar-refractivity contribution in [2.75, 3.05) is 26.3 Å². The van der Waals surface area contributed by atoms with Crippen LogP contribution >= 0.6 is 24.0 Å². The van der Waals surface area contributed by atoms with Gasteiger partial charge in [0, 0.05) is 12.1 Å². The topological polar surface area (TPSA) is 75.1 Å². The molecule has 6 nitrogen and oxygen atoms in total. The molecule has 0 aliphatic carbocycles. The summed E-state index contributed by atoms with van der Waals surface area (Å²) in [5.41, 5.74) is 1.24. The summed E-state index contributed by atoms with van der Waals surface area (Å²) in [6.45, 7) is 9.63. The fraction of sp³-hybridized carbons (Fsp3) is 0.435. The van der Waals surface area contributed by atoms with E-state index in [4.69, 9.17) is 9.47 Å². The summed E-state index contributed by atoms with van der Waals surface area (Å²) in [7, 11) is 0. The monoisotopic (exact) mass is 545 g/mol. The minimum Gasteiger partial charge on any atom is -0.490 e. The van der Waals surface area contributed by atoms with E-state index in [2.05, 4.69) is 15.6 Å². The van der Waals surface area contributed by atoms with Crippen LogP contribution in [0.15, 0.2) is 47.5 Å². The molecule has 0 saturated carbocycles. The van der Waals surface area contributed by atoms with Crippen LogP contribution in [0.5, 0.6) is 11.5 Å². The van der Waals surface area contributed by atoms with E-state index in [1.807, 2.05) is 45.9 Å². The summed E-state index contributed by atoms with van der Waals surface area (Å²) in [6, 6.07) is 11.9. The van der Waals surface area contributed by atoms with E-state index < -0.39 is 11.9 Å². The Balaban J connectivity index is 0.00000480. The first-order valence-electron chi connectivity index (χ1n) is 10.4. The van der Waals surface area contributed by atoms with Crippen LogP contribution in [0.1, 0.15) is 51.0 Å². The van der Waals surface area contributed by atoms with Crippen LogP contribution in [0.25, 0.3) is 0 Å². The van der Waals surface area contributed by atoms with Crippen molar-refractivity contribution in [2.24, 2.45) is 4.99 Å². The summed E-state index contributed by atoms with van der Waals surface area (Å²) >= 11 is 0. The highest BCUT2D eigenvalue weighted by Crippen LogP contribution is 2.30. The van der Waals surface area contributed by atoms with E-state index in [9.17, 15) is 9.50 Å². The maximum absolute atomic E-state index is 13.9. The largest absolute Gasteiger partial charge is 0.490 e. The highest BCUT2D eigenvalue weighted by Gasteiger charge is 2.14. The Bertz CT molecular complexity index is 835. The maximum atomic E-state index is 13.9. The van der Waals surface area contributed by atoms with E-state index in [0.29, 0.717) is 37.2 Å². The average Bonchev–Trinajstić information content (AvgIpc) is 2.73. The van der Waals surface area contributed by atoms with Crippen LogP contribution in [0.2, 0.25) is 0 Å². The fourth-order valence-corrected chi connectivity index (χ4v) is 2.97. The van der Waals surface area contributed by atoms with Gasteiger partial charge in [-0.25, -0.2) is 4.39 Å². The molecular weight excluding hydrogens is 512 g/mol.